The van der Waals surface area contributed by atoms with Crippen LogP contribution in [-0.2, 0) is 6.42 Å². The van der Waals surface area contributed by atoms with Crippen LogP contribution in [0.5, 0.6) is 0 Å². The molecule has 0 atom stereocenters. The van der Waals surface area contributed by atoms with Crippen LogP contribution in [-0.4, -0.2) is 34.4 Å². The lowest BCUT2D eigenvalue weighted by Crippen LogP contribution is -2.29. The highest BCUT2D eigenvalue weighted by Gasteiger charge is 2.14. The number of pyridine rings is 1. The van der Waals surface area contributed by atoms with Crippen LogP contribution < -0.4 is 0 Å². The number of carbonyl (C=O) groups excluding carboxylic acids is 1. The van der Waals surface area contributed by atoms with E-state index in [0.717, 1.165) is 11.2 Å². The number of nitrogens with zero attached hydrogens (tertiary/aromatic N) is 2. The molecule has 0 aliphatic rings. The Balaban J connectivity index is 1.71. The number of aromatic nitrogens is 2. The number of likely N-dealkylation sites (N-methyl/N-ethyl adjacent to an activating group) is 1. The Labute approximate surface area is 127 Å². The van der Waals surface area contributed by atoms with Gasteiger partial charge >= 0.3 is 0 Å². The standard InChI is InChI=1S/C17H16FN3O/c1-21(9-7-14-4-2-3-8-19-14)17(22)16-11-12-10-13(18)5-6-15(12)20-16/h2-6,8,10-11,20H,7,9H2,1H3. The molecule has 112 valence electrons. The van der Waals surface area contributed by atoms with Crippen molar-refractivity contribution in [3.8, 4) is 0 Å². The van der Waals surface area contributed by atoms with Crippen molar-refractivity contribution < 1.29 is 9.18 Å². The van der Waals surface area contributed by atoms with Gasteiger partial charge in [-0.25, -0.2) is 4.39 Å². The Morgan fingerprint density at radius 1 is 1.27 bits per heavy atom. The molecule has 0 spiro atoms. The maximum absolute atomic E-state index is 13.2. The SMILES string of the molecule is CN(CCc1ccccn1)C(=O)c1cc2cc(F)ccc2[nH]1. The fourth-order valence-electron chi connectivity index (χ4n) is 2.35. The molecule has 2 aromatic heterocycles. The van der Waals surface area contributed by atoms with Gasteiger partial charge in [0.05, 0.1) is 0 Å². The van der Waals surface area contributed by atoms with Crippen LogP contribution in [0.15, 0.2) is 48.7 Å². The van der Waals surface area contributed by atoms with Crippen molar-refractivity contribution in [1.82, 2.24) is 14.9 Å². The number of hydrogen-bond donors (Lipinski definition) is 1. The number of halogens is 1. The van der Waals surface area contributed by atoms with E-state index in [0.29, 0.717) is 24.0 Å². The third-order valence-corrected chi connectivity index (χ3v) is 3.59. The van der Waals surface area contributed by atoms with Crippen LogP contribution in [0, 0.1) is 5.82 Å². The normalized spacial score (nSPS) is 10.8. The van der Waals surface area contributed by atoms with Crippen LogP contribution >= 0.6 is 0 Å². The average Bonchev–Trinajstić information content (AvgIpc) is 2.95. The van der Waals surface area contributed by atoms with Crippen molar-refractivity contribution in [1.29, 1.82) is 0 Å². The molecule has 0 fully saturated rings. The van der Waals surface area contributed by atoms with E-state index in [1.165, 1.54) is 12.1 Å². The number of benzene rings is 1. The largest absolute Gasteiger partial charge is 0.351 e. The molecule has 1 N–H and O–H groups in total. The van der Waals surface area contributed by atoms with Crippen LogP contribution in [0.1, 0.15) is 16.2 Å². The average molecular weight is 297 g/mol. The number of aromatic amines is 1. The summed E-state index contributed by atoms with van der Waals surface area (Å²) in [5.41, 5.74) is 2.16. The summed E-state index contributed by atoms with van der Waals surface area (Å²) < 4.78 is 13.2. The number of rotatable bonds is 4. The van der Waals surface area contributed by atoms with Crippen molar-refractivity contribution in [2.45, 2.75) is 6.42 Å². The minimum atomic E-state index is -0.311. The monoisotopic (exact) mass is 297 g/mol. The van der Waals surface area contributed by atoms with E-state index in [2.05, 4.69) is 9.97 Å². The maximum atomic E-state index is 13.2. The van der Waals surface area contributed by atoms with Gasteiger partial charge in [-0.05, 0) is 36.4 Å². The molecule has 0 radical (unpaired) electrons. The van der Waals surface area contributed by atoms with E-state index in [4.69, 9.17) is 0 Å². The summed E-state index contributed by atoms with van der Waals surface area (Å²) in [7, 11) is 1.75. The van der Waals surface area contributed by atoms with Crippen LogP contribution in [0.2, 0.25) is 0 Å². The topological polar surface area (TPSA) is 49.0 Å². The van der Waals surface area contributed by atoms with Gasteiger partial charge in [0, 0.05) is 42.8 Å². The Morgan fingerprint density at radius 2 is 2.14 bits per heavy atom. The van der Waals surface area contributed by atoms with Gasteiger partial charge in [0.2, 0.25) is 0 Å². The first-order valence-electron chi connectivity index (χ1n) is 7.07. The number of amides is 1. The van der Waals surface area contributed by atoms with Crippen molar-refractivity contribution in [3.63, 3.8) is 0 Å². The van der Waals surface area contributed by atoms with Gasteiger partial charge in [-0.1, -0.05) is 6.07 Å². The third kappa shape index (κ3) is 2.98. The van der Waals surface area contributed by atoms with E-state index in [9.17, 15) is 9.18 Å². The molecule has 1 aromatic carbocycles. The zero-order valence-electron chi connectivity index (χ0n) is 12.2. The second-order valence-electron chi connectivity index (χ2n) is 5.21. The van der Waals surface area contributed by atoms with Gasteiger partial charge in [0.15, 0.2) is 0 Å². The molecule has 2 heterocycles. The molecule has 0 saturated carbocycles. The van der Waals surface area contributed by atoms with Gasteiger partial charge in [0.25, 0.3) is 5.91 Å². The summed E-state index contributed by atoms with van der Waals surface area (Å²) in [5, 5.41) is 0.696. The van der Waals surface area contributed by atoms with Crippen molar-refractivity contribution in [2.75, 3.05) is 13.6 Å². The fourth-order valence-corrected chi connectivity index (χ4v) is 2.35. The lowest BCUT2D eigenvalue weighted by Gasteiger charge is -2.15. The molecule has 0 aliphatic heterocycles. The zero-order chi connectivity index (χ0) is 15.5. The molecule has 22 heavy (non-hydrogen) atoms. The smallest absolute Gasteiger partial charge is 0.270 e. The highest BCUT2D eigenvalue weighted by molar-refractivity contribution is 5.97. The first-order chi connectivity index (χ1) is 10.6. The molecular formula is C17H16FN3O. The van der Waals surface area contributed by atoms with E-state index in [1.807, 2.05) is 18.2 Å². The molecule has 3 aromatic rings. The third-order valence-electron chi connectivity index (χ3n) is 3.59. The number of carbonyl (C=O) groups is 1. The van der Waals surface area contributed by atoms with Gasteiger partial charge < -0.3 is 9.88 Å². The van der Waals surface area contributed by atoms with E-state index >= 15 is 0 Å². The lowest BCUT2D eigenvalue weighted by atomic mass is 10.2. The number of hydrogen-bond acceptors (Lipinski definition) is 2. The van der Waals surface area contributed by atoms with Crippen molar-refractivity contribution >= 4 is 16.8 Å². The summed E-state index contributed by atoms with van der Waals surface area (Å²) in [6.45, 7) is 0.569. The Bertz CT molecular complexity index is 798. The summed E-state index contributed by atoms with van der Waals surface area (Å²) in [6.07, 6.45) is 2.43. The molecular weight excluding hydrogens is 281 g/mol. The van der Waals surface area contributed by atoms with Crippen molar-refractivity contribution in [3.05, 3.63) is 65.9 Å². The van der Waals surface area contributed by atoms with E-state index in [-0.39, 0.29) is 11.7 Å². The quantitative estimate of drug-likeness (QED) is 0.804. The Kier molecular flexibility index (Phi) is 3.87. The highest BCUT2D eigenvalue weighted by atomic mass is 19.1. The zero-order valence-corrected chi connectivity index (χ0v) is 12.2. The first-order valence-corrected chi connectivity index (χ1v) is 7.07. The molecule has 0 aliphatic carbocycles. The van der Waals surface area contributed by atoms with Crippen LogP contribution in [0.3, 0.4) is 0 Å². The molecule has 5 heteroatoms. The second-order valence-corrected chi connectivity index (χ2v) is 5.21. The Morgan fingerprint density at radius 3 is 2.91 bits per heavy atom. The summed E-state index contributed by atoms with van der Waals surface area (Å²) in [4.78, 5) is 21.3. The van der Waals surface area contributed by atoms with Crippen LogP contribution in [0.4, 0.5) is 4.39 Å². The number of fused-ring (bicyclic) bond motifs is 1. The maximum Gasteiger partial charge on any atom is 0.270 e. The Hall–Kier alpha value is -2.69. The predicted octanol–water partition coefficient (Wildman–Crippen LogP) is 3.02. The van der Waals surface area contributed by atoms with Crippen molar-refractivity contribution in [2.24, 2.45) is 0 Å². The molecule has 3 rings (SSSR count). The van der Waals surface area contributed by atoms with Gasteiger partial charge in [-0.2, -0.15) is 0 Å². The molecule has 0 bridgehead atoms. The van der Waals surface area contributed by atoms with Gasteiger partial charge in [0.1, 0.15) is 11.5 Å². The molecule has 0 unspecified atom stereocenters. The predicted molar refractivity (Wildman–Crippen MR) is 83.2 cm³/mol. The fraction of sp³-hybridized carbons (Fsp3) is 0.176. The summed E-state index contributed by atoms with van der Waals surface area (Å²) in [5.74, 6) is -0.429. The number of H-pyrrole nitrogens is 1. The summed E-state index contributed by atoms with van der Waals surface area (Å²) >= 11 is 0. The van der Waals surface area contributed by atoms with E-state index in [1.54, 1.807) is 30.3 Å². The minimum absolute atomic E-state index is 0.118. The molecule has 4 nitrogen and oxygen atoms in total. The van der Waals surface area contributed by atoms with Gasteiger partial charge in [-0.3, -0.25) is 9.78 Å². The second kappa shape index (κ2) is 5.97. The minimum Gasteiger partial charge on any atom is -0.351 e. The molecule has 1 amide bonds. The summed E-state index contributed by atoms with van der Waals surface area (Å²) in [6, 6.07) is 11.8. The highest BCUT2D eigenvalue weighted by Crippen LogP contribution is 2.17. The van der Waals surface area contributed by atoms with Crippen LogP contribution in [0.25, 0.3) is 10.9 Å². The van der Waals surface area contributed by atoms with E-state index < -0.39 is 0 Å². The first kappa shape index (κ1) is 14.3. The number of nitrogens with one attached hydrogen (secondary N) is 1. The lowest BCUT2D eigenvalue weighted by molar-refractivity contribution is 0.0791. The van der Waals surface area contributed by atoms with Gasteiger partial charge in [-0.15, -0.1) is 0 Å². The molecule has 0 saturated heterocycles.